The van der Waals surface area contributed by atoms with Crippen molar-refractivity contribution in [3.63, 3.8) is 0 Å². The third kappa shape index (κ3) is 3.12. The third-order valence-electron chi connectivity index (χ3n) is 3.68. The molecule has 1 aliphatic heterocycles. The first-order valence-corrected chi connectivity index (χ1v) is 6.96. The lowest BCUT2D eigenvalue weighted by Gasteiger charge is -2.18. The maximum absolute atomic E-state index is 11.9. The standard InChI is InChI=1S/C13H23N5O/c1-8(2)10(14)7-12(19)15-9(3)13-17-16-11-5-4-6-18(11)13/h8-10H,4-7,14H2,1-3H3,(H,15,19). The number of nitrogens with two attached hydrogens (primary N) is 1. The van der Waals surface area contributed by atoms with Crippen molar-refractivity contribution in [2.75, 3.05) is 0 Å². The first kappa shape index (κ1) is 14.0. The molecule has 1 aromatic rings. The second kappa shape index (κ2) is 5.69. The van der Waals surface area contributed by atoms with Gasteiger partial charge in [-0.15, -0.1) is 10.2 Å². The average Bonchev–Trinajstić information content (AvgIpc) is 2.89. The van der Waals surface area contributed by atoms with Crippen molar-refractivity contribution in [3.8, 4) is 0 Å². The molecular weight excluding hydrogens is 242 g/mol. The van der Waals surface area contributed by atoms with Gasteiger partial charge in [-0.1, -0.05) is 13.8 Å². The van der Waals surface area contributed by atoms with Crippen LogP contribution in [0.4, 0.5) is 0 Å². The molecule has 0 saturated carbocycles. The molecule has 106 valence electrons. The van der Waals surface area contributed by atoms with Gasteiger partial charge in [0.1, 0.15) is 5.82 Å². The highest BCUT2D eigenvalue weighted by Gasteiger charge is 2.23. The quantitative estimate of drug-likeness (QED) is 0.823. The van der Waals surface area contributed by atoms with E-state index in [0.29, 0.717) is 12.3 Å². The van der Waals surface area contributed by atoms with Gasteiger partial charge >= 0.3 is 0 Å². The summed E-state index contributed by atoms with van der Waals surface area (Å²) >= 11 is 0. The fraction of sp³-hybridized carbons (Fsp3) is 0.769. The summed E-state index contributed by atoms with van der Waals surface area (Å²) in [6.45, 7) is 6.93. The SMILES string of the molecule is CC(NC(=O)CC(N)C(C)C)c1nnc2n1CCC2. The molecule has 1 aromatic heterocycles. The van der Waals surface area contributed by atoms with Crippen molar-refractivity contribution in [2.24, 2.45) is 11.7 Å². The van der Waals surface area contributed by atoms with Gasteiger partial charge in [0, 0.05) is 25.4 Å². The first-order valence-electron chi connectivity index (χ1n) is 6.96. The van der Waals surface area contributed by atoms with Crippen LogP contribution in [0.3, 0.4) is 0 Å². The molecule has 0 saturated heterocycles. The Kier molecular flexibility index (Phi) is 4.19. The molecule has 0 spiro atoms. The van der Waals surface area contributed by atoms with Gasteiger partial charge in [0.15, 0.2) is 5.82 Å². The molecule has 6 heteroatoms. The summed E-state index contributed by atoms with van der Waals surface area (Å²) in [5, 5.41) is 11.3. The highest BCUT2D eigenvalue weighted by Crippen LogP contribution is 2.19. The Bertz CT molecular complexity index is 454. The first-order chi connectivity index (χ1) is 8.99. The van der Waals surface area contributed by atoms with E-state index < -0.39 is 0 Å². The van der Waals surface area contributed by atoms with Gasteiger partial charge in [-0.25, -0.2) is 0 Å². The molecule has 0 radical (unpaired) electrons. The fourth-order valence-electron chi connectivity index (χ4n) is 2.31. The average molecular weight is 265 g/mol. The van der Waals surface area contributed by atoms with Crippen LogP contribution < -0.4 is 11.1 Å². The molecule has 0 aromatic carbocycles. The van der Waals surface area contributed by atoms with Gasteiger partial charge in [0.25, 0.3) is 0 Å². The van der Waals surface area contributed by atoms with Crippen LogP contribution in [-0.2, 0) is 17.8 Å². The lowest BCUT2D eigenvalue weighted by atomic mass is 10.0. The number of rotatable bonds is 5. The summed E-state index contributed by atoms with van der Waals surface area (Å²) in [4.78, 5) is 11.9. The number of fused-ring (bicyclic) bond motifs is 1. The van der Waals surface area contributed by atoms with Crippen LogP contribution >= 0.6 is 0 Å². The molecule has 0 aliphatic carbocycles. The lowest BCUT2D eigenvalue weighted by Crippen LogP contribution is -2.36. The number of aromatic nitrogens is 3. The van der Waals surface area contributed by atoms with E-state index in [1.807, 2.05) is 20.8 Å². The number of nitrogens with one attached hydrogen (secondary N) is 1. The monoisotopic (exact) mass is 265 g/mol. The summed E-state index contributed by atoms with van der Waals surface area (Å²) in [6, 6.07) is -0.220. The van der Waals surface area contributed by atoms with Crippen LogP contribution in [0.15, 0.2) is 0 Å². The van der Waals surface area contributed by atoms with Crippen molar-refractivity contribution in [3.05, 3.63) is 11.6 Å². The zero-order valence-corrected chi connectivity index (χ0v) is 11.9. The minimum atomic E-state index is -0.119. The molecule has 2 atom stereocenters. The Hall–Kier alpha value is -1.43. The smallest absolute Gasteiger partial charge is 0.222 e. The van der Waals surface area contributed by atoms with Crippen molar-refractivity contribution >= 4 is 5.91 Å². The fourth-order valence-corrected chi connectivity index (χ4v) is 2.31. The van der Waals surface area contributed by atoms with Crippen LogP contribution in [0.1, 0.15) is 51.3 Å². The summed E-state index contributed by atoms with van der Waals surface area (Å²) in [5.74, 6) is 2.15. The Labute approximate surface area is 113 Å². The van der Waals surface area contributed by atoms with E-state index in [0.717, 1.165) is 31.0 Å². The van der Waals surface area contributed by atoms with Crippen molar-refractivity contribution in [1.82, 2.24) is 20.1 Å². The van der Waals surface area contributed by atoms with Gasteiger partial charge in [-0.05, 0) is 19.3 Å². The van der Waals surface area contributed by atoms with E-state index in [9.17, 15) is 4.79 Å². The van der Waals surface area contributed by atoms with E-state index in [1.54, 1.807) is 0 Å². The third-order valence-corrected chi connectivity index (χ3v) is 3.68. The minimum Gasteiger partial charge on any atom is -0.346 e. The zero-order chi connectivity index (χ0) is 14.0. The van der Waals surface area contributed by atoms with Crippen LogP contribution in [-0.4, -0.2) is 26.7 Å². The Morgan fingerprint density at radius 2 is 2.16 bits per heavy atom. The van der Waals surface area contributed by atoms with Gasteiger partial charge in [-0.3, -0.25) is 4.79 Å². The van der Waals surface area contributed by atoms with Crippen LogP contribution in [0.5, 0.6) is 0 Å². The number of amides is 1. The number of nitrogens with zero attached hydrogens (tertiary/aromatic N) is 3. The summed E-state index contributed by atoms with van der Waals surface area (Å²) in [6.07, 6.45) is 2.44. The largest absolute Gasteiger partial charge is 0.346 e. The van der Waals surface area contributed by atoms with Crippen LogP contribution in [0, 0.1) is 5.92 Å². The van der Waals surface area contributed by atoms with Crippen LogP contribution in [0.25, 0.3) is 0 Å². The van der Waals surface area contributed by atoms with E-state index in [1.165, 1.54) is 0 Å². The molecule has 2 unspecified atom stereocenters. The predicted molar refractivity (Wildman–Crippen MR) is 72.3 cm³/mol. The highest BCUT2D eigenvalue weighted by atomic mass is 16.1. The number of carbonyl (C=O) groups excluding carboxylic acids is 1. The molecule has 2 rings (SSSR count). The van der Waals surface area contributed by atoms with Crippen molar-refractivity contribution in [2.45, 2.75) is 58.7 Å². The summed E-state index contributed by atoms with van der Waals surface area (Å²) in [7, 11) is 0. The van der Waals surface area contributed by atoms with E-state index in [2.05, 4.69) is 20.1 Å². The van der Waals surface area contributed by atoms with Gasteiger partial charge in [-0.2, -0.15) is 0 Å². The highest BCUT2D eigenvalue weighted by molar-refractivity contribution is 5.76. The topological polar surface area (TPSA) is 85.8 Å². The zero-order valence-electron chi connectivity index (χ0n) is 11.9. The molecular formula is C13H23N5O. The number of hydrogen-bond acceptors (Lipinski definition) is 4. The minimum absolute atomic E-state index is 0.0240. The van der Waals surface area contributed by atoms with Crippen molar-refractivity contribution < 1.29 is 4.79 Å². The van der Waals surface area contributed by atoms with E-state index in [4.69, 9.17) is 5.73 Å². The molecule has 0 fully saturated rings. The van der Waals surface area contributed by atoms with Gasteiger partial charge in [0.2, 0.25) is 5.91 Å². The summed E-state index contributed by atoms with van der Waals surface area (Å²) < 4.78 is 2.10. The number of aryl methyl sites for hydroxylation is 1. The van der Waals surface area contributed by atoms with Gasteiger partial charge < -0.3 is 15.6 Å². The number of carbonyl (C=O) groups is 1. The summed E-state index contributed by atoms with van der Waals surface area (Å²) in [5.41, 5.74) is 5.91. The Morgan fingerprint density at radius 3 is 2.84 bits per heavy atom. The Morgan fingerprint density at radius 1 is 1.42 bits per heavy atom. The molecule has 3 N–H and O–H groups in total. The number of hydrogen-bond donors (Lipinski definition) is 2. The second-order valence-corrected chi connectivity index (χ2v) is 5.63. The van der Waals surface area contributed by atoms with Crippen LogP contribution in [0.2, 0.25) is 0 Å². The molecule has 2 heterocycles. The molecule has 19 heavy (non-hydrogen) atoms. The molecule has 1 amide bonds. The lowest BCUT2D eigenvalue weighted by molar-refractivity contribution is -0.122. The molecule has 0 bridgehead atoms. The Balaban J connectivity index is 1.93. The van der Waals surface area contributed by atoms with Gasteiger partial charge in [0.05, 0.1) is 6.04 Å². The maximum Gasteiger partial charge on any atom is 0.222 e. The second-order valence-electron chi connectivity index (χ2n) is 5.63. The maximum atomic E-state index is 11.9. The van der Waals surface area contributed by atoms with Crippen molar-refractivity contribution in [1.29, 1.82) is 0 Å². The normalized spacial score (nSPS) is 17.3. The predicted octanol–water partition coefficient (Wildman–Crippen LogP) is 0.775. The molecule has 6 nitrogen and oxygen atoms in total. The van der Waals surface area contributed by atoms with E-state index in [-0.39, 0.29) is 18.0 Å². The van der Waals surface area contributed by atoms with E-state index >= 15 is 0 Å². The molecule has 1 aliphatic rings.